The summed E-state index contributed by atoms with van der Waals surface area (Å²) in [5.41, 5.74) is -0.479. The van der Waals surface area contributed by atoms with Crippen LogP contribution in [0.2, 0.25) is 0 Å². The van der Waals surface area contributed by atoms with E-state index in [0.29, 0.717) is 6.54 Å². The molecule has 1 saturated carbocycles. The smallest absolute Gasteiger partial charge is 0.410 e. The van der Waals surface area contributed by atoms with Crippen LogP contribution in [-0.4, -0.2) is 53.6 Å². The van der Waals surface area contributed by atoms with Crippen LogP contribution in [0.25, 0.3) is 0 Å². The molecule has 1 atom stereocenters. The summed E-state index contributed by atoms with van der Waals surface area (Å²) in [6.45, 7) is 6.97. The van der Waals surface area contributed by atoms with Gasteiger partial charge in [-0.25, -0.2) is 4.79 Å². The van der Waals surface area contributed by atoms with E-state index < -0.39 is 5.60 Å². The Balaban J connectivity index is 1.85. The summed E-state index contributed by atoms with van der Waals surface area (Å²) in [4.78, 5) is 27.5. The highest BCUT2D eigenvalue weighted by atomic mass is 16.6. The van der Waals surface area contributed by atoms with Gasteiger partial charge in [0, 0.05) is 26.1 Å². The molecule has 0 unspecified atom stereocenters. The molecule has 2 aliphatic rings. The largest absolute Gasteiger partial charge is 0.444 e. The number of rotatable bonds is 2. The van der Waals surface area contributed by atoms with Gasteiger partial charge in [-0.05, 0) is 40.0 Å². The van der Waals surface area contributed by atoms with Gasteiger partial charge in [-0.15, -0.1) is 0 Å². The first kappa shape index (κ1) is 14.2. The Kier molecular flexibility index (Phi) is 3.74. The number of carbonyl (C=O) groups excluding carboxylic acids is 2. The van der Waals surface area contributed by atoms with Gasteiger partial charge in [-0.3, -0.25) is 4.79 Å². The Labute approximate surface area is 114 Å². The summed E-state index contributed by atoms with van der Waals surface area (Å²) in [6, 6.07) is 0.0811. The Bertz CT molecular complexity index is 371. The van der Waals surface area contributed by atoms with Crippen LogP contribution in [0.4, 0.5) is 4.79 Å². The highest BCUT2D eigenvalue weighted by Gasteiger charge is 2.38. The van der Waals surface area contributed by atoms with E-state index >= 15 is 0 Å². The van der Waals surface area contributed by atoms with Gasteiger partial charge in [0.2, 0.25) is 5.91 Å². The number of ether oxygens (including phenoxy) is 1. The summed E-state index contributed by atoms with van der Waals surface area (Å²) < 4.78 is 5.35. The van der Waals surface area contributed by atoms with E-state index in [2.05, 4.69) is 0 Å². The van der Waals surface area contributed by atoms with E-state index in [-0.39, 0.29) is 24.0 Å². The number of hydrogen-bond acceptors (Lipinski definition) is 3. The Morgan fingerprint density at radius 1 is 1.21 bits per heavy atom. The second-order valence-electron chi connectivity index (χ2n) is 6.59. The number of likely N-dealkylation sites (N-methyl/N-ethyl adjacent to an activating group) is 1. The molecule has 0 aromatic carbocycles. The van der Waals surface area contributed by atoms with Gasteiger partial charge in [0.15, 0.2) is 0 Å². The zero-order valence-electron chi connectivity index (χ0n) is 12.3. The maximum absolute atomic E-state index is 12.0. The SMILES string of the molecule is CN(C(=O)OC(C)(C)C)[C@H]1CCN(C(=O)C2CC2)C1. The van der Waals surface area contributed by atoms with E-state index in [1.807, 2.05) is 25.7 Å². The zero-order valence-corrected chi connectivity index (χ0v) is 12.3. The molecule has 2 rings (SSSR count). The quantitative estimate of drug-likeness (QED) is 0.768. The van der Waals surface area contributed by atoms with Crippen LogP contribution in [0.5, 0.6) is 0 Å². The minimum atomic E-state index is -0.479. The van der Waals surface area contributed by atoms with E-state index in [0.717, 1.165) is 25.8 Å². The standard InChI is InChI=1S/C14H24N2O3/c1-14(2,3)19-13(18)15(4)11-7-8-16(9-11)12(17)10-5-6-10/h10-11H,5-9H2,1-4H3/t11-/m0/s1. The molecule has 1 heterocycles. The second kappa shape index (κ2) is 5.02. The normalized spacial score (nSPS) is 23.4. The van der Waals surface area contributed by atoms with Crippen molar-refractivity contribution in [3.05, 3.63) is 0 Å². The first-order valence-electron chi connectivity index (χ1n) is 7.02. The Hall–Kier alpha value is -1.26. The summed E-state index contributed by atoms with van der Waals surface area (Å²) in [6.07, 6.45) is 2.59. The van der Waals surface area contributed by atoms with Gasteiger partial charge < -0.3 is 14.5 Å². The van der Waals surface area contributed by atoms with Crippen LogP contribution in [-0.2, 0) is 9.53 Å². The molecular formula is C14H24N2O3. The van der Waals surface area contributed by atoms with Crippen LogP contribution < -0.4 is 0 Å². The lowest BCUT2D eigenvalue weighted by Crippen LogP contribution is -2.42. The average Bonchev–Trinajstić information content (AvgIpc) is 3.02. The van der Waals surface area contributed by atoms with Crippen molar-refractivity contribution >= 4 is 12.0 Å². The lowest BCUT2D eigenvalue weighted by molar-refractivity contribution is -0.131. The molecule has 0 spiro atoms. The Morgan fingerprint density at radius 3 is 2.37 bits per heavy atom. The van der Waals surface area contributed by atoms with Crippen molar-refractivity contribution in [2.45, 2.75) is 51.7 Å². The summed E-state index contributed by atoms with van der Waals surface area (Å²) in [5.74, 6) is 0.519. The molecule has 1 saturated heterocycles. The first-order chi connectivity index (χ1) is 8.78. The zero-order chi connectivity index (χ0) is 14.2. The molecule has 0 aromatic heterocycles. The fourth-order valence-electron chi connectivity index (χ4n) is 2.33. The minimum absolute atomic E-state index is 0.0811. The molecule has 0 aromatic rings. The van der Waals surface area contributed by atoms with E-state index in [1.54, 1.807) is 11.9 Å². The molecule has 5 nitrogen and oxygen atoms in total. The van der Waals surface area contributed by atoms with Crippen LogP contribution in [0.15, 0.2) is 0 Å². The van der Waals surface area contributed by atoms with Crippen LogP contribution in [0, 0.1) is 5.92 Å². The van der Waals surface area contributed by atoms with E-state index in [9.17, 15) is 9.59 Å². The molecule has 19 heavy (non-hydrogen) atoms. The van der Waals surface area contributed by atoms with Crippen molar-refractivity contribution in [3.63, 3.8) is 0 Å². The van der Waals surface area contributed by atoms with Crippen LogP contribution in [0.1, 0.15) is 40.0 Å². The molecule has 108 valence electrons. The molecular weight excluding hydrogens is 244 g/mol. The number of likely N-dealkylation sites (tertiary alicyclic amines) is 1. The highest BCUT2D eigenvalue weighted by molar-refractivity contribution is 5.81. The third-order valence-electron chi connectivity index (χ3n) is 3.63. The summed E-state index contributed by atoms with van der Waals surface area (Å²) >= 11 is 0. The van der Waals surface area contributed by atoms with E-state index in [1.165, 1.54) is 0 Å². The molecule has 1 aliphatic carbocycles. The predicted octanol–water partition coefficient (Wildman–Crippen LogP) is 1.86. The fraction of sp³-hybridized carbons (Fsp3) is 0.857. The van der Waals surface area contributed by atoms with E-state index in [4.69, 9.17) is 4.74 Å². The van der Waals surface area contributed by atoms with Gasteiger partial charge >= 0.3 is 6.09 Å². The molecule has 2 amide bonds. The molecule has 2 fully saturated rings. The van der Waals surface area contributed by atoms with Crippen LogP contribution in [0.3, 0.4) is 0 Å². The predicted molar refractivity (Wildman–Crippen MR) is 71.7 cm³/mol. The highest BCUT2D eigenvalue weighted by Crippen LogP contribution is 2.32. The summed E-state index contributed by atoms with van der Waals surface area (Å²) in [5, 5.41) is 0. The monoisotopic (exact) mass is 268 g/mol. The van der Waals surface area contributed by atoms with Gasteiger partial charge in [0.25, 0.3) is 0 Å². The molecule has 0 bridgehead atoms. The average molecular weight is 268 g/mol. The van der Waals surface area contributed by atoms with Crippen molar-refractivity contribution in [2.75, 3.05) is 20.1 Å². The maximum Gasteiger partial charge on any atom is 0.410 e. The van der Waals surface area contributed by atoms with Crippen molar-refractivity contribution in [3.8, 4) is 0 Å². The molecule has 0 N–H and O–H groups in total. The second-order valence-corrected chi connectivity index (χ2v) is 6.59. The number of carbonyl (C=O) groups is 2. The molecule has 1 aliphatic heterocycles. The Morgan fingerprint density at radius 2 is 1.84 bits per heavy atom. The van der Waals surface area contributed by atoms with Crippen LogP contribution >= 0.6 is 0 Å². The third kappa shape index (κ3) is 3.61. The maximum atomic E-state index is 12.0. The van der Waals surface area contributed by atoms with Gasteiger partial charge in [-0.2, -0.15) is 0 Å². The van der Waals surface area contributed by atoms with Crippen molar-refractivity contribution in [1.82, 2.24) is 9.80 Å². The fourth-order valence-corrected chi connectivity index (χ4v) is 2.33. The van der Waals surface area contributed by atoms with Gasteiger partial charge in [0.05, 0.1) is 6.04 Å². The molecule has 0 radical (unpaired) electrons. The van der Waals surface area contributed by atoms with Crippen molar-refractivity contribution in [2.24, 2.45) is 5.92 Å². The lowest BCUT2D eigenvalue weighted by Gasteiger charge is -2.28. The minimum Gasteiger partial charge on any atom is -0.444 e. The number of nitrogens with zero attached hydrogens (tertiary/aromatic N) is 2. The van der Waals surface area contributed by atoms with Crippen molar-refractivity contribution < 1.29 is 14.3 Å². The van der Waals surface area contributed by atoms with Crippen molar-refractivity contribution in [1.29, 1.82) is 0 Å². The first-order valence-corrected chi connectivity index (χ1v) is 7.02. The number of amides is 2. The van der Waals surface area contributed by atoms with Gasteiger partial charge in [0.1, 0.15) is 5.60 Å². The van der Waals surface area contributed by atoms with Gasteiger partial charge in [-0.1, -0.05) is 0 Å². The third-order valence-corrected chi connectivity index (χ3v) is 3.63. The molecule has 5 heteroatoms. The number of hydrogen-bond donors (Lipinski definition) is 0. The lowest BCUT2D eigenvalue weighted by atomic mass is 10.2. The topological polar surface area (TPSA) is 49.9 Å². The summed E-state index contributed by atoms with van der Waals surface area (Å²) in [7, 11) is 1.75.